The molecule has 2 amide bonds. The second-order valence-corrected chi connectivity index (χ2v) is 10.1. The molecule has 3 aromatic carbocycles. The first-order valence-corrected chi connectivity index (χ1v) is 12.8. The highest BCUT2D eigenvalue weighted by Gasteiger charge is 2.47. The van der Waals surface area contributed by atoms with Crippen molar-refractivity contribution in [3.63, 3.8) is 0 Å². The lowest BCUT2D eigenvalue weighted by molar-refractivity contribution is -0.132. The number of carbonyl (C=O) groups excluding carboxylic acids is 3. The number of rotatable bonds is 5. The van der Waals surface area contributed by atoms with E-state index in [2.05, 4.69) is 5.32 Å². The van der Waals surface area contributed by atoms with Crippen LogP contribution in [0.15, 0.2) is 72.3 Å². The van der Waals surface area contributed by atoms with Crippen molar-refractivity contribution < 1.29 is 19.5 Å². The molecule has 7 heteroatoms. The number of ketones is 1. The van der Waals surface area contributed by atoms with Gasteiger partial charge in [-0.3, -0.25) is 19.3 Å². The van der Waals surface area contributed by atoms with Gasteiger partial charge in [0.05, 0.1) is 11.6 Å². The number of aliphatic hydroxyl groups is 1. The lowest BCUT2D eigenvalue weighted by Crippen LogP contribution is -2.29. The van der Waals surface area contributed by atoms with Crippen LogP contribution < -0.4 is 15.1 Å². The molecule has 1 atom stereocenters. The van der Waals surface area contributed by atoms with Gasteiger partial charge in [-0.1, -0.05) is 30.3 Å². The Morgan fingerprint density at radius 2 is 1.66 bits per heavy atom. The fraction of sp³-hybridized carbons (Fsp3) is 0.258. The van der Waals surface area contributed by atoms with Gasteiger partial charge < -0.3 is 15.3 Å². The van der Waals surface area contributed by atoms with Gasteiger partial charge in [0.2, 0.25) is 5.91 Å². The van der Waals surface area contributed by atoms with Crippen molar-refractivity contribution in [2.75, 3.05) is 29.2 Å². The number of hydrogen-bond donors (Lipinski definition) is 2. The second-order valence-electron chi connectivity index (χ2n) is 10.1. The van der Waals surface area contributed by atoms with Crippen molar-refractivity contribution in [3.8, 4) is 0 Å². The van der Waals surface area contributed by atoms with Crippen molar-refractivity contribution in [3.05, 3.63) is 94.6 Å². The molecule has 0 spiro atoms. The van der Waals surface area contributed by atoms with Gasteiger partial charge in [-0.25, -0.2) is 0 Å². The molecule has 38 heavy (non-hydrogen) atoms. The van der Waals surface area contributed by atoms with Crippen molar-refractivity contribution in [2.45, 2.75) is 38.6 Å². The summed E-state index contributed by atoms with van der Waals surface area (Å²) in [7, 11) is 3.87. The fourth-order valence-corrected chi connectivity index (χ4v) is 5.34. The van der Waals surface area contributed by atoms with E-state index in [1.54, 1.807) is 24.3 Å². The summed E-state index contributed by atoms with van der Waals surface area (Å²) in [6.45, 7) is 1.41. The summed E-state index contributed by atoms with van der Waals surface area (Å²) in [5, 5.41) is 14.3. The van der Waals surface area contributed by atoms with E-state index < -0.39 is 17.7 Å². The summed E-state index contributed by atoms with van der Waals surface area (Å²) >= 11 is 0. The third-order valence-electron chi connectivity index (χ3n) is 7.24. The number of benzene rings is 3. The zero-order valence-corrected chi connectivity index (χ0v) is 21.8. The van der Waals surface area contributed by atoms with E-state index in [-0.39, 0.29) is 17.2 Å². The Morgan fingerprint density at radius 3 is 2.34 bits per heavy atom. The molecule has 0 aromatic heterocycles. The molecule has 0 saturated carbocycles. The van der Waals surface area contributed by atoms with Crippen LogP contribution in [0.1, 0.15) is 48.1 Å². The predicted molar refractivity (Wildman–Crippen MR) is 149 cm³/mol. The number of hydrogen-bond acceptors (Lipinski definition) is 5. The minimum Gasteiger partial charge on any atom is -0.507 e. The minimum atomic E-state index is -0.838. The Morgan fingerprint density at radius 1 is 0.947 bits per heavy atom. The summed E-state index contributed by atoms with van der Waals surface area (Å²) in [5.41, 5.74) is 5.63. The SMILES string of the molecule is CC(=O)Nc1cccc(N2C(=O)C(=O)/C(=C(\O)c3ccc4c(c3)CCCC4)C2c2ccc(N(C)C)cc2)c1. The van der Waals surface area contributed by atoms with Gasteiger partial charge >= 0.3 is 0 Å². The lowest BCUT2D eigenvalue weighted by atomic mass is 9.88. The second kappa shape index (κ2) is 10.2. The van der Waals surface area contributed by atoms with Gasteiger partial charge in [-0.05, 0) is 78.8 Å². The Labute approximate surface area is 222 Å². The van der Waals surface area contributed by atoms with Crippen LogP contribution in [0.25, 0.3) is 5.76 Å². The number of aliphatic hydroxyl groups excluding tert-OH is 1. The molecule has 1 unspecified atom stereocenters. The first-order valence-electron chi connectivity index (χ1n) is 12.8. The number of amides is 2. The number of aryl methyl sites for hydroxylation is 2. The van der Waals surface area contributed by atoms with Crippen LogP contribution in [-0.2, 0) is 27.2 Å². The van der Waals surface area contributed by atoms with Gasteiger partial charge in [0, 0.05) is 43.6 Å². The van der Waals surface area contributed by atoms with Gasteiger partial charge in [0.1, 0.15) is 5.76 Å². The van der Waals surface area contributed by atoms with E-state index in [9.17, 15) is 19.5 Å². The monoisotopic (exact) mass is 509 g/mol. The highest BCUT2D eigenvalue weighted by atomic mass is 16.3. The van der Waals surface area contributed by atoms with Crippen LogP contribution in [0.3, 0.4) is 0 Å². The van der Waals surface area contributed by atoms with Gasteiger partial charge in [0.25, 0.3) is 11.7 Å². The Bertz CT molecular complexity index is 1460. The quantitative estimate of drug-likeness (QED) is 0.280. The number of carbonyl (C=O) groups is 3. The highest BCUT2D eigenvalue weighted by molar-refractivity contribution is 6.51. The summed E-state index contributed by atoms with van der Waals surface area (Å²) in [6, 6.07) is 19.3. The Hall–Kier alpha value is -4.39. The van der Waals surface area contributed by atoms with Crippen molar-refractivity contribution in [2.24, 2.45) is 0 Å². The average Bonchev–Trinajstić information content (AvgIpc) is 3.18. The summed E-state index contributed by atoms with van der Waals surface area (Å²) in [4.78, 5) is 42.1. The molecule has 3 aromatic rings. The molecular formula is C31H31N3O4. The molecule has 2 N–H and O–H groups in total. The molecule has 0 radical (unpaired) electrons. The number of fused-ring (bicyclic) bond motifs is 1. The fourth-order valence-electron chi connectivity index (χ4n) is 5.34. The van der Waals surface area contributed by atoms with Gasteiger partial charge in [-0.2, -0.15) is 0 Å². The highest BCUT2D eigenvalue weighted by Crippen LogP contribution is 2.43. The van der Waals surface area contributed by atoms with Crippen LogP contribution in [0.4, 0.5) is 17.1 Å². The molecule has 194 valence electrons. The standard InChI is InChI=1S/C31H31N3O4/c1-19(35)32-24-9-6-10-26(18-24)34-28(21-13-15-25(16-14-21)33(2)3)27(30(37)31(34)38)29(36)23-12-11-20-7-4-5-8-22(20)17-23/h6,9-18,28,36H,4-5,7-8H2,1-3H3,(H,32,35)/b29-27-. The smallest absolute Gasteiger partial charge is 0.300 e. The Balaban J connectivity index is 1.67. The number of nitrogens with one attached hydrogen (secondary N) is 1. The molecule has 7 nitrogen and oxygen atoms in total. The molecular weight excluding hydrogens is 478 g/mol. The molecule has 0 bridgehead atoms. The third kappa shape index (κ3) is 4.67. The minimum absolute atomic E-state index is 0.0493. The maximum atomic E-state index is 13.5. The van der Waals surface area contributed by atoms with Gasteiger partial charge in [0.15, 0.2) is 0 Å². The summed E-state index contributed by atoms with van der Waals surface area (Å²) in [6.07, 6.45) is 4.16. The van der Waals surface area contributed by atoms with Crippen LogP contribution in [0.5, 0.6) is 0 Å². The van der Waals surface area contributed by atoms with E-state index in [4.69, 9.17) is 0 Å². The molecule has 1 aliphatic carbocycles. The van der Waals surface area contributed by atoms with Crippen molar-refractivity contribution in [1.29, 1.82) is 0 Å². The van der Waals surface area contributed by atoms with Crippen LogP contribution in [0.2, 0.25) is 0 Å². The molecule has 1 aliphatic heterocycles. The predicted octanol–water partition coefficient (Wildman–Crippen LogP) is 5.22. The van der Waals surface area contributed by atoms with Crippen molar-refractivity contribution >= 4 is 40.4 Å². The Kier molecular flexibility index (Phi) is 6.76. The molecule has 1 saturated heterocycles. The van der Waals surface area contributed by atoms with E-state index in [1.165, 1.54) is 23.0 Å². The maximum Gasteiger partial charge on any atom is 0.300 e. The topological polar surface area (TPSA) is 90.0 Å². The van der Waals surface area contributed by atoms with E-state index >= 15 is 0 Å². The van der Waals surface area contributed by atoms with E-state index in [0.717, 1.165) is 31.4 Å². The van der Waals surface area contributed by atoms with E-state index in [0.29, 0.717) is 22.5 Å². The lowest BCUT2D eigenvalue weighted by Gasteiger charge is -2.26. The normalized spacial score (nSPS) is 18.3. The average molecular weight is 510 g/mol. The van der Waals surface area contributed by atoms with Crippen LogP contribution in [0, 0.1) is 0 Å². The van der Waals surface area contributed by atoms with E-state index in [1.807, 2.05) is 61.5 Å². The molecule has 2 aliphatic rings. The first-order chi connectivity index (χ1) is 18.2. The zero-order valence-electron chi connectivity index (χ0n) is 21.8. The largest absolute Gasteiger partial charge is 0.507 e. The van der Waals surface area contributed by atoms with Crippen LogP contribution >= 0.6 is 0 Å². The number of Topliss-reactive ketones (excluding diaryl/α,β-unsaturated/α-hetero) is 1. The number of anilines is 3. The summed E-state index contributed by atoms with van der Waals surface area (Å²) < 4.78 is 0. The summed E-state index contributed by atoms with van der Waals surface area (Å²) in [5.74, 6) is -1.90. The molecule has 1 heterocycles. The number of nitrogens with zero attached hydrogens (tertiary/aromatic N) is 2. The van der Waals surface area contributed by atoms with Crippen molar-refractivity contribution in [1.82, 2.24) is 0 Å². The maximum absolute atomic E-state index is 13.5. The molecule has 5 rings (SSSR count). The molecule has 1 fully saturated rings. The zero-order chi connectivity index (χ0) is 27.0. The first kappa shape index (κ1) is 25.3. The van der Waals surface area contributed by atoms with Crippen LogP contribution in [-0.4, -0.2) is 36.8 Å². The van der Waals surface area contributed by atoms with Gasteiger partial charge in [-0.15, -0.1) is 0 Å². The third-order valence-corrected chi connectivity index (χ3v) is 7.24.